The van der Waals surface area contributed by atoms with Crippen LogP contribution in [0.25, 0.3) is 0 Å². The maximum Gasteiger partial charge on any atom is 0.196 e. The molecule has 1 aromatic rings. The number of halogens is 1. The molecule has 1 aromatic carbocycles. The first-order valence-corrected chi connectivity index (χ1v) is 4.99. The van der Waals surface area contributed by atoms with E-state index in [1.165, 1.54) is 20.3 Å². The fraction of sp³-hybridized carbons (Fsp3) is 0.500. The molecule has 0 saturated heterocycles. The zero-order chi connectivity index (χ0) is 12.3. The van der Waals surface area contributed by atoms with Gasteiger partial charge in [-0.3, -0.25) is 0 Å². The molecule has 0 radical (unpaired) electrons. The van der Waals surface area contributed by atoms with Gasteiger partial charge in [0, 0.05) is 5.41 Å². The van der Waals surface area contributed by atoms with Crippen LogP contribution in [0.2, 0.25) is 0 Å². The van der Waals surface area contributed by atoms with Crippen molar-refractivity contribution in [2.45, 2.75) is 19.3 Å². The van der Waals surface area contributed by atoms with Gasteiger partial charge in [-0.15, -0.1) is 0 Å². The summed E-state index contributed by atoms with van der Waals surface area (Å²) in [6.45, 7) is 3.59. The van der Waals surface area contributed by atoms with Crippen LogP contribution in [0.4, 0.5) is 4.39 Å². The Morgan fingerprint density at radius 3 is 2.31 bits per heavy atom. The van der Waals surface area contributed by atoms with Crippen molar-refractivity contribution in [3.8, 4) is 11.5 Å². The maximum atomic E-state index is 13.7. The van der Waals surface area contributed by atoms with Crippen LogP contribution in [0.15, 0.2) is 12.1 Å². The summed E-state index contributed by atoms with van der Waals surface area (Å²) >= 11 is 0. The minimum absolute atomic E-state index is 0.0675. The first-order chi connectivity index (χ1) is 7.46. The number of aliphatic hydroxyl groups is 1. The lowest BCUT2D eigenvalue weighted by Crippen LogP contribution is -2.22. The first kappa shape index (κ1) is 12.8. The highest BCUT2D eigenvalue weighted by Crippen LogP contribution is 2.35. The highest BCUT2D eigenvalue weighted by atomic mass is 19.1. The molecule has 90 valence electrons. The van der Waals surface area contributed by atoms with Crippen LogP contribution in [0.5, 0.6) is 11.5 Å². The molecular formula is C12H17FO3. The van der Waals surface area contributed by atoms with Gasteiger partial charge in [-0.2, -0.15) is 0 Å². The molecule has 0 bridgehead atoms. The fourth-order valence-corrected chi connectivity index (χ4v) is 1.40. The standard InChI is InChI=1S/C12H17FO3/c1-12(2,7-14)8-5-9(13)11(16-4)10(6-8)15-3/h5-6,14H,7H2,1-4H3. The van der Waals surface area contributed by atoms with E-state index in [0.29, 0.717) is 11.3 Å². The average Bonchev–Trinajstić information content (AvgIpc) is 2.27. The highest BCUT2D eigenvalue weighted by molar-refractivity contribution is 5.46. The Labute approximate surface area is 94.8 Å². The summed E-state index contributed by atoms with van der Waals surface area (Å²) in [4.78, 5) is 0. The van der Waals surface area contributed by atoms with Crippen LogP contribution >= 0.6 is 0 Å². The van der Waals surface area contributed by atoms with Crippen molar-refractivity contribution in [1.82, 2.24) is 0 Å². The van der Waals surface area contributed by atoms with Gasteiger partial charge in [0.2, 0.25) is 0 Å². The van der Waals surface area contributed by atoms with Gasteiger partial charge >= 0.3 is 0 Å². The normalized spacial score (nSPS) is 11.4. The molecule has 0 aliphatic carbocycles. The third-order valence-corrected chi connectivity index (χ3v) is 2.61. The molecule has 0 saturated carbocycles. The van der Waals surface area contributed by atoms with Crippen molar-refractivity contribution in [2.24, 2.45) is 0 Å². The Morgan fingerprint density at radius 1 is 1.25 bits per heavy atom. The van der Waals surface area contributed by atoms with E-state index in [1.54, 1.807) is 6.07 Å². The first-order valence-electron chi connectivity index (χ1n) is 4.99. The number of benzene rings is 1. The summed E-state index contributed by atoms with van der Waals surface area (Å²) in [6, 6.07) is 3.04. The second-order valence-corrected chi connectivity index (χ2v) is 4.24. The predicted molar refractivity (Wildman–Crippen MR) is 59.6 cm³/mol. The zero-order valence-corrected chi connectivity index (χ0v) is 10.0. The molecule has 0 fully saturated rings. The minimum atomic E-state index is -0.514. The van der Waals surface area contributed by atoms with E-state index in [0.717, 1.165) is 0 Å². The van der Waals surface area contributed by atoms with E-state index in [-0.39, 0.29) is 12.4 Å². The average molecular weight is 228 g/mol. The molecule has 0 aromatic heterocycles. The SMILES string of the molecule is COc1cc(C(C)(C)CO)cc(F)c1OC. The van der Waals surface area contributed by atoms with E-state index < -0.39 is 11.2 Å². The molecule has 0 spiro atoms. The topological polar surface area (TPSA) is 38.7 Å². The molecule has 0 heterocycles. The van der Waals surface area contributed by atoms with Crippen molar-refractivity contribution in [3.05, 3.63) is 23.5 Å². The molecule has 0 atom stereocenters. The Balaban J connectivity index is 3.31. The summed E-state index contributed by atoms with van der Waals surface area (Å²) in [6.07, 6.45) is 0. The van der Waals surface area contributed by atoms with Gasteiger partial charge < -0.3 is 14.6 Å². The summed E-state index contributed by atoms with van der Waals surface area (Å²) in [5.41, 5.74) is 0.158. The van der Waals surface area contributed by atoms with E-state index in [1.807, 2.05) is 13.8 Å². The van der Waals surface area contributed by atoms with Crippen LogP contribution in [-0.4, -0.2) is 25.9 Å². The van der Waals surface area contributed by atoms with E-state index >= 15 is 0 Å². The van der Waals surface area contributed by atoms with Crippen molar-refractivity contribution < 1.29 is 19.0 Å². The van der Waals surface area contributed by atoms with Gasteiger partial charge in [0.05, 0.1) is 20.8 Å². The second-order valence-electron chi connectivity index (χ2n) is 4.24. The zero-order valence-electron chi connectivity index (χ0n) is 10.0. The van der Waals surface area contributed by atoms with Crippen LogP contribution in [0.3, 0.4) is 0 Å². The maximum absolute atomic E-state index is 13.7. The van der Waals surface area contributed by atoms with E-state index in [4.69, 9.17) is 9.47 Å². The molecular weight excluding hydrogens is 211 g/mol. The number of methoxy groups -OCH3 is 2. The van der Waals surface area contributed by atoms with Crippen LogP contribution in [0, 0.1) is 5.82 Å². The predicted octanol–water partition coefficient (Wildman–Crippen LogP) is 2.11. The largest absolute Gasteiger partial charge is 0.493 e. The summed E-state index contributed by atoms with van der Waals surface area (Å²) in [5.74, 6) is -0.0719. The van der Waals surface area contributed by atoms with Gasteiger partial charge in [-0.25, -0.2) is 4.39 Å². The Hall–Kier alpha value is -1.29. The number of aliphatic hydroxyl groups excluding tert-OH is 1. The lowest BCUT2D eigenvalue weighted by molar-refractivity contribution is 0.217. The molecule has 16 heavy (non-hydrogen) atoms. The lowest BCUT2D eigenvalue weighted by atomic mass is 9.85. The molecule has 0 aliphatic heterocycles. The van der Waals surface area contributed by atoms with Crippen molar-refractivity contribution >= 4 is 0 Å². The highest BCUT2D eigenvalue weighted by Gasteiger charge is 2.23. The number of hydrogen-bond acceptors (Lipinski definition) is 3. The van der Waals surface area contributed by atoms with Gasteiger partial charge in [0.25, 0.3) is 0 Å². The fourth-order valence-electron chi connectivity index (χ4n) is 1.40. The monoisotopic (exact) mass is 228 g/mol. The third kappa shape index (κ3) is 2.27. The van der Waals surface area contributed by atoms with Gasteiger partial charge in [-0.05, 0) is 17.7 Å². The quantitative estimate of drug-likeness (QED) is 0.857. The van der Waals surface area contributed by atoms with Crippen molar-refractivity contribution in [3.63, 3.8) is 0 Å². The summed E-state index contributed by atoms with van der Waals surface area (Å²) < 4.78 is 23.6. The van der Waals surface area contributed by atoms with Crippen LogP contribution in [-0.2, 0) is 5.41 Å². The Morgan fingerprint density at radius 2 is 1.88 bits per heavy atom. The van der Waals surface area contributed by atoms with Gasteiger partial charge in [-0.1, -0.05) is 13.8 Å². The molecule has 3 nitrogen and oxygen atoms in total. The summed E-state index contributed by atoms with van der Waals surface area (Å²) in [5, 5.41) is 9.23. The number of ether oxygens (including phenoxy) is 2. The van der Waals surface area contributed by atoms with Crippen LogP contribution < -0.4 is 9.47 Å². The smallest absolute Gasteiger partial charge is 0.196 e. The van der Waals surface area contributed by atoms with Crippen LogP contribution in [0.1, 0.15) is 19.4 Å². The van der Waals surface area contributed by atoms with E-state index in [2.05, 4.69) is 0 Å². The van der Waals surface area contributed by atoms with Gasteiger partial charge in [0.1, 0.15) is 0 Å². The lowest BCUT2D eigenvalue weighted by Gasteiger charge is -2.23. The third-order valence-electron chi connectivity index (χ3n) is 2.61. The second kappa shape index (κ2) is 4.70. The molecule has 0 amide bonds. The Bertz CT molecular complexity index is 375. The molecule has 1 rings (SSSR count). The molecule has 0 unspecified atom stereocenters. The van der Waals surface area contributed by atoms with Gasteiger partial charge in [0.15, 0.2) is 17.3 Å². The molecule has 4 heteroatoms. The summed E-state index contributed by atoms with van der Waals surface area (Å²) in [7, 11) is 2.84. The van der Waals surface area contributed by atoms with Crippen molar-refractivity contribution in [1.29, 1.82) is 0 Å². The number of rotatable bonds is 4. The minimum Gasteiger partial charge on any atom is -0.493 e. The molecule has 1 N–H and O–H groups in total. The number of hydrogen-bond donors (Lipinski definition) is 1. The van der Waals surface area contributed by atoms with Crippen molar-refractivity contribution in [2.75, 3.05) is 20.8 Å². The van der Waals surface area contributed by atoms with E-state index in [9.17, 15) is 9.50 Å². The Kier molecular flexibility index (Phi) is 3.75. The molecule has 0 aliphatic rings.